The lowest BCUT2D eigenvalue weighted by Crippen LogP contribution is -2.37. The fourth-order valence-electron chi connectivity index (χ4n) is 3.32. The SMILES string of the molecule is CCC(=O)/C=C1\NCC(C)(c2ccccc2)C1OCc1ccccc1. The highest BCUT2D eigenvalue weighted by Gasteiger charge is 2.44. The minimum Gasteiger partial charge on any atom is -0.385 e. The van der Waals surface area contributed by atoms with Crippen LogP contribution in [-0.2, 0) is 21.6 Å². The highest BCUT2D eigenvalue weighted by molar-refractivity contribution is 5.90. The van der Waals surface area contributed by atoms with Crippen LogP contribution in [0.1, 0.15) is 31.4 Å². The lowest BCUT2D eigenvalue weighted by Gasteiger charge is -2.31. The molecule has 1 saturated heterocycles. The van der Waals surface area contributed by atoms with E-state index in [0.717, 1.165) is 17.8 Å². The highest BCUT2D eigenvalue weighted by Crippen LogP contribution is 2.37. The number of nitrogens with one attached hydrogen (secondary N) is 1. The summed E-state index contributed by atoms with van der Waals surface area (Å²) in [5.74, 6) is 0.119. The summed E-state index contributed by atoms with van der Waals surface area (Å²) in [5.41, 5.74) is 3.02. The Labute approximate surface area is 149 Å². The van der Waals surface area contributed by atoms with Crippen molar-refractivity contribution in [1.29, 1.82) is 0 Å². The second-order valence-corrected chi connectivity index (χ2v) is 6.73. The Morgan fingerprint density at radius 1 is 1.16 bits per heavy atom. The molecular weight excluding hydrogens is 310 g/mol. The number of hydrogen-bond donors (Lipinski definition) is 1. The van der Waals surface area contributed by atoms with Crippen LogP contribution in [0.15, 0.2) is 72.4 Å². The Kier molecular flexibility index (Phi) is 5.34. The summed E-state index contributed by atoms with van der Waals surface area (Å²) in [6.45, 7) is 5.35. The van der Waals surface area contributed by atoms with Gasteiger partial charge in [-0.15, -0.1) is 0 Å². The third-order valence-electron chi connectivity index (χ3n) is 4.88. The van der Waals surface area contributed by atoms with Gasteiger partial charge in [-0.2, -0.15) is 0 Å². The van der Waals surface area contributed by atoms with Gasteiger partial charge in [-0.3, -0.25) is 4.79 Å². The van der Waals surface area contributed by atoms with Crippen molar-refractivity contribution in [1.82, 2.24) is 5.32 Å². The van der Waals surface area contributed by atoms with Crippen molar-refractivity contribution >= 4 is 5.78 Å². The third kappa shape index (κ3) is 3.83. The van der Waals surface area contributed by atoms with E-state index < -0.39 is 0 Å². The fraction of sp³-hybridized carbons (Fsp3) is 0.318. The molecule has 3 rings (SSSR count). The van der Waals surface area contributed by atoms with Gasteiger partial charge in [-0.05, 0) is 11.1 Å². The smallest absolute Gasteiger partial charge is 0.157 e. The minimum absolute atomic E-state index is 0.119. The lowest BCUT2D eigenvalue weighted by molar-refractivity contribution is -0.114. The Morgan fingerprint density at radius 3 is 2.44 bits per heavy atom. The number of carbonyl (C=O) groups excluding carboxylic acids is 1. The molecule has 0 aromatic heterocycles. The van der Waals surface area contributed by atoms with Crippen LogP contribution in [0.3, 0.4) is 0 Å². The first-order chi connectivity index (χ1) is 12.1. The van der Waals surface area contributed by atoms with Crippen LogP contribution in [0.25, 0.3) is 0 Å². The molecule has 0 bridgehead atoms. The summed E-state index contributed by atoms with van der Waals surface area (Å²) in [7, 11) is 0. The average Bonchev–Trinajstić information content (AvgIpc) is 2.98. The van der Waals surface area contributed by atoms with Gasteiger partial charge in [0, 0.05) is 30.2 Å². The van der Waals surface area contributed by atoms with Crippen molar-refractivity contribution in [3.05, 3.63) is 83.6 Å². The second-order valence-electron chi connectivity index (χ2n) is 6.73. The molecule has 0 spiro atoms. The number of allylic oxidation sites excluding steroid dienone is 1. The zero-order valence-electron chi connectivity index (χ0n) is 14.9. The zero-order chi connectivity index (χ0) is 17.7. The Bertz CT molecular complexity index is 739. The van der Waals surface area contributed by atoms with E-state index in [9.17, 15) is 4.79 Å². The monoisotopic (exact) mass is 335 g/mol. The summed E-state index contributed by atoms with van der Waals surface area (Å²) >= 11 is 0. The zero-order valence-corrected chi connectivity index (χ0v) is 14.9. The molecule has 0 saturated carbocycles. The molecule has 2 aromatic carbocycles. The third-order valence-corrected chi connectivity index (χ3v) is 4.88. The summed E-state index contributed by atoms with van der Waals surface area (Å²) in [4.78, 5) is 12.0. The maximum atomic E-state index is 12.0. The predicted octanol–water partition coefficient (Wildman–Crippen LogP) is 4.00. The van der Waals surface area contributed by atoms with E-state index in [4.69, 9.17) is 4.74 Å². The molecule has 25 heavy (non-hydrogen) atoms. The van der Waals surface area contributed by atoms with Crippen LogP contribution in [0, 0.1) is 0 Å². The van der Waals surface area contributed by atoms with Crippen molar-refractivity contribution in [2.45, 2.75) is 38.4 Å². The van der Waals surface area contributed by atoms with Crippen LogP contribution in [0.2, 0.25) is 0 Å². The summed E-state index contributed by atoms with van der Waals surface area (Å²) < 4.78 is 6.33. The largest absolute Gasteiger partial charge is 0.385 e. The molecule has 1 aliphatic rings. The van der Waals surface area contributed by atoms with Gasteiger partial charge in [0.25, 0.3) is 0 Å². The van der Waals surface area contributed by atoms with E-state index in [1.165, 1.54) is 5.56 Å². The summed E-state index contributed by atoms with van der Waals surface area (Å²) in [5, 5.41) is 3.41. The maximum absolute atomic E-state index is 12.0. The Hall–Kier alpha value is -2.39. The van der Waals surface area contributed by atoms with Gasteiger partial charge in [0.05, 0.1) is 6.61 Å². The van der Waals surface area contributed by atoms with E-state index in [2.05, 4.69) is 36.5 Å². The molecular formula is C22H25NO2. The molecule has 0 aliphatic carbocycles. The van der Waals surface area contributed by atoms with Crippen molar-refractivity contribution in [3.8, 4) is 0 Å². The van der Waals surface area contributed by atoms with Crippen LogP contribution in [0.4, 0.5) is 0 Å². The van der Waals surface area contributed by atoms with Gasteiger partial charge in [0.15, 0.2) is 5.78 Å². The first-order valence-corrected chi connectivity index (χ1v) is 8.83. The minimum atomic E-state index is -0.212. The Morgan fingerprint density at radius 2 is 1.80 bits per heavy atom. The van der Waals surface area contributed by atoms with Gasteiger partial charge in [-0.1, -0.05) is 74.5 Å². The fourth-order valence-corrected chi connectivity index (χ4v) is 3.32. The van der Waals surface area contributed by atoms with E-state index >= 15 is 0 Å². The van der Waals surface area contributed by atoms with Gasteiger partial charge in [-0.25, -0.2) is 0 Å². The quantitative estimate of drug-likeness (QED) is 0.811. The molecule has 1 heterocycles. The second kappa shape index (κ2) is 7.66. The van der Waals surface area contributed by atoms with Gasteiger partial charge < -0.3 is 10.1 Å². The van der Waals surface area contributed by atoms with Crippen LogP contribution < -0.4 is 5.32 Å². The first kappa shape index (κ1) is 17.4. The Balaban J connectivity index is 1.89. The van der Waals surface area contributed by atoms with Crippen molar-refractivity contribution < 1.29 is 9.53 Å². The molecule has 2 atom stereocenters. The normalized spacial score (nSPS) is 24.2. The molecule has 1 N–H and O–H groups in total. The van der Waals surface area contributed by atoms with Crippen molar-refractivity contribution in [2.75, 3.05) is 6.54 Å². The average molecular weight is 335 g/mol. The maximum Gasteiger partial charge on any atom is 0.157 e. The van der Waals surface area contributed by atoms with E-state index in [1.807, 2.05) is 43.3 Å². The molecule has 2 unspecified atom stereocenters. The number of carbonyl (C=O) groups is 1. The van der Waals surface area contributed by atoms with Crippen LogP contribution in [0.5, 0.6) is 0 Å². The molecule has 3 nitrogen and oxygen atoms in total. The number of ketones is 1. The van der Waals surface area contributed by atoms with Crippen LogP contribution >= 0.6 is 0 Å². The number of hydrogen-bond acceptors (Lipinski definition) is 3. The van der Waals surface area contributed by atoms with Gasteiger partial charge in [0.2, 0.25) is 0 Å². The molecule has 2 aromatic rings. The molecule has 1 aliphatic heterocycles. The standard InChI is InChI=1S/C22H25NO2/c1-3-19(24)14-20-21(25-15-17-10-6-4-7-11-17)22(2,16-23-20)18-12-8-5-9-13-18/h4-14,21,23H,3,15-16H2,1-2H3/b20-14-. The molecule has 1 fully saturated rings. The summed E-state index contributed by atoms with van der Waals surface area (Å²) in [6, 6.07) is 20.5. The summed E-state index contributed by atoms with van der Waals surface area (Å²) in [6.07, 6.45) is 2.04. The topological polar surface area (TPSA) is 38.3 Å². The lowest BCUT2D eigenvalue weighted by atomic mass is 9.79. The first-order valence-electron chi connectivity index (χ1n) is 8.83. The molecule has 3 heteroatoms. The van der Waals surface area contributed by atoms with E-state index in [0.29, 0.717) is 13.0 Å². The highest BCUT2D eigenvalue weighted by atomic mass is 16.5. The van der Waals surface area contributed by atoms with Crippen molar-refractivity contribution in [3.63, 3.8) is 0 Å². The molecule has 0 amide bonds. The number of ether oxygens (including phenoxy) is 1. The van der Waals surface area contributed by atoms with Crippen LogP contribution in [-0.4, -0.2) is 18.4 Å². The van der Waals surface area contributed by atoms with Gasteiger partial charge >= 0.3 is 0 Å². The van der Waals surface area contributed by atoms with E-state index in [1.54, 1.807) is 6.08 Å². The van der Waals surface area contributed by atoms with E-state index in [-0.39, 0.29) is 17.3 Å². The van der Waals surface area contributed by atoms with Crippen molar-refractivity contribution in [2.24, 2.45) is 0 Å². The van der Waals surface area contributed by atoms with Gasteiger partial charge in [0.1, 0.15) is 6.10 Å². The number of benzene rings is 2. The predicted molar refractivity (Wildman–Crippen MR) is 100 cm³/mol. The number of rotatable bonds is 6. The molecule has 130 valence electrons. The molecule has 0 radical (unpaired) electrons.